The van der Waals surface area contributed by atoms with Crippen molar-refractivity contribution >= 4 is 34.9 Å². The van der Waals surface area contributed by atoms with Gasteiger partial charge in [0.2, 0.25) is 0 Å². The Morgan fingerprint density at radius 1 is 1.18 bits per heavy atom. The van der Waals surface area contributed by atoms with E-state index < -0.39 is 0 Å². The molecule has 0 spiro atoms. The van der Waals surface area contributed by atoms with Crippen LogP contribution in [0.15, 0.2) is 67.0 Å². The van der Waals surface area contributed by atoms with Crippen molar-refractivity contribution in [2.45, 2.75) is 11.1 Å². The van der Waals surface area contributed by atoms with Gasteiger partial charge in [0.05, 0.1) is 5.37 Å². The number of aromatic nitrogens is 1. The number of halogens is 1. The molecule has 1 unspecified atom stereocenters. The van der Waals surface area contributed by atoms with Crippen LogP contribution in [0.25, 0.3) is 0 Å². The lowest BCUT2D eigenvalue weighted by molar-refractivity contribution is 1.01. The summed E-state index contributed by atoms with van der Waals surface area (Å²) >= 11 is 7.81. The Labute approximate surface area is 139 Å². The second kappa shape index (κ2) is 6.90. The van der Waals surface area contributed by atoms with Crippen molar-refractivity contribution in [1.29, 1.82) is 0 Å². The molecule has 0 aliphatic carbocycles. The van der Waals surface area contributed by atoms with Gasteiger partial charge in [-0.1, -0.05) is 23.8 Å². The third-order valence-corrected chi connectivity index (χ3v) is 4.78. The van der Waals surface area contributed by atoms with E-state index in [4.69, 9.17) is 17.3 Å². The van der Waals surface area contributed by atoms with Gasteiger partial charge in [0.1, 0.15) is 5.82 Å². The molecule has 0 saturated heterocycles. The Hall–Kier alpha value is -1.91. The summed E-state index contributed by atoms with van der Waals surface area (Å²) in [6.07, 6.45) is 10.1. The highest BCUT2D eigenvalue weighted by molar-refractivity contribution is 7.99. The zero-order chi connectivity index (χ0) is 15.4. The van der Waals surface area contributed by atoms with E-state index in [2.05, 4.69) is 28.2 Å². The Bertz CT molecular complexity index is 697. The summed E-state index contributed by atoms with van der Waals surface area (Å²) in [6, 6.07) is 11.8. The topological polar surface area (TPSA) is 42.1 Å². The summed E-state index contributed by atoms with van der Waals surface area (Å²) < 4.78 is 0. The first-order valence-electron chi connectivity index (χ1n) is 6.93. The highest BCUT2D eigenvalue weighted by Gasteiger charge is 2.16. The summed E-state index contributed by atoms with van der Waals surface area (Å²) in [6.45, 7) is 0. The van der Waals surface area contributed by atoms with E-state index in [0.29, 0.717) is 5.82 Å². The van der Waals surface area contributed by atoms with Gasteiger partial charge in [-0.2, -0.15) is 0 Å². The van der Waals surface area contributed by atoms with Crippen molar-refractivity contribution in [1.82, 2.24) is 4.98 Å². The first kappa shape index (κ1) is 15.0. The first-order chi connectivity index (χ1) is 10.7. The normalized spacial score (nSPS) is 17.0. The predicted octanol–water partition coefficient (Wildman–Crippen LogP) is 4.47. The molecule has 1 aromatic carbocycles. The Kier molecular flexibility index (Phi) is 4.71. The number of nitrogen functional groups attached to an aromatic ring is 1. The smallest absolute Gasteiger partial charge is 0.123 e. The highest BCUT2D eigenvalue weighted by atomic mass is 35.5. The lowest BCUT2D eigenvalue weighted by Crippen LogP contribution is -2.27. The number of nitrogens with two attached hydrogens (primary N) is 1. The number of hydrogen-bond acceptors (Lipinski definition) is 4. The second-order valence-electron chi connectivity index (χ2n) is 4.90. The van der Waals surface area contributed by atoms with Crippen molar-refractivity contribution in [3.63, 3.8) is 0 Å². The van der Waals surface area contributed by atoms with Crippen molar-refractivity contribution in [2.24, 2.45) is 0 Å². The quantitative estimate of drug-likeness (QED) is 0.898. The SMILES string of the molecule is Nc1cc(CSC2C=CC=CN2c2ccc(Cl)cc2)ccn1. The average Bonchev–Trinajstić information content (AvgIpc) is 2.54. The van der Waals surface area contributed by atoms with E-state index in [9.17, 15) is 0 Å². The molecule has 2 N–H and O–H groups in total. The standard InChI is InChI=1S/C17H16ClN3S/c18-14-4-6-15(7-5-14)21-10-2-1-3-17(21)22-12-13-8-9-20-16(19)11-13/h1-11,17H,12H2,(H2,19,20). The lowest BCUT2D eigenvalue weighted by Gasteiger charge is -2.30. The number of benzene rings is 1. The summed E-state index contributed by atoms with van der Waals surface area (Å²) in [5, 5.41) is 0.984. The molecule has 0 saturated carbocycles. The van der Waals surface area contributed by atoms with Crippen LogP contribution in [0.5, 0.6) is 0 Å². The van der Waals surface area contributed by atoms with Crippen LogP contribution >= 0.6 is 23.4 Å². The van der Waals surface area contributed by atoms with Gasteiger partial charge in [-0.05, 0) is 48.0 Å². The maximum Gasteiger partial charge on any atom is 0.123 e. The molecule has 3 nitrogen and oxygen atoms in total. The zero-order valence-corrected chi connectivity index (χ0v) is 13.5. The highest BCUT2D eigenvalue weighted by Crippen LogP contribution is 2.30. The lowest BCUT2D eigenvalue weighted by atomic mass is 10.2. The van der Waals surface area contributed by atoms with Crippen LogP contribution < -0.4 is 10.6 Å². The van der Waals surface area contributed by atoms with E-state index >= 15 is 0 Å². The van der Waals surface area contributed by atoms with E-state index in [0.717, 1.165) is 16.5 Å². The monoisotopic (exact) mass is 329 g/mol. The van der Waals surface area contributed by atoms with Crippen LogP contribution in [-0.2, 0) is 5.75 Å². The molecular formula is C17H16ClN3S. The van der Waals surface area contributed by atoms with Gasteiger partial charge >= 0.3 is 0 Å². The number of nitrogens with zero attached hydrogens (tertiary/aromatic N) is 2. The molecule has 112 valence electrons. The fourth-order valence-electron chi connectivity index (χ4n) is 2.23. The Balaban J connectivity index is 1.72. The van der Waals surface area contributed by atoms with Gasteiger partial charge in [-0.15, -0.1) is 11.8 Å². The van der Waals surface area contributed by atoms with Crippen molar-refractivity contribution in [2.75, 3.05) is 10.6 Å². The van der Waals surface area contributed by atoms with Crippen LogP contribution in [0, 0.1) is 0 Å². The van der Waals surface area contributed by atoms with Gasteiger partial charge in [0, 0.05) is 28.9 Å². The Morgan fingerprint density at radius 3 is 2.77 bits per heavy atom. The number of thioether (sulfide) groups is 1. The summed E-state index contributed by atoms with van der Waals surface area (Å²) in [5.41, 5.74) is 8.03. The summed E-state index contributed by atoms with van der Waals surface area (Å²) in [7, 11) is 0. The number of pyridine rings is 1. The number of rotatable bonds is 4. The van der Waals surface area contributed by atoms with Crippen LogP contribution in [0.4, 0.5) is 11.5 Å². The largest absolute Gasteiger partial charge is 0.384 e. The molecule has 0 amide bonds. The number of hydrogen-bond donors (Lipinski definition) is 1. The van der Waals surface area contributed by atoms with Crippen LogP contribution in [0.2, 0.25) is 5.02 Å². The maximum absolute atomic E-state index is 5.97. The minimum Gasteiger partial charge on any atom is -0.384 e. The van der Waals surface area contributed by atoms with E-state index in [1.165, 1.54) is 5.56 Å². The van der Waals surface area contributed by atoms with E-state index in [1.807, 2.05) is 54.2 Å². The molecule has 2 aromatic rings. The van der Waals surface area contributed by atoms with Crippen molar-refractivity contribution in [3.05, 3.63) is 77.6 Å². The zero-order valence-electron chi connectivity index (χ0n) is 11.9. The van der Waals surface area contributed by atoms with E-state index in [1.54, 1.807) is 6.20 Å². The van der Waals surface area contributed by atoms with Crippen LogP contribution in [0.1, 0.15) is 5.56 Å². The van der Waals surface area contributed by atoms with Crippen molar-refractivity contribution < 1.29 is 0 Å². The van der Waals surface area contributed by atoms with Crippen LogP contribution in [-0.4, -0.2) is 10.4 Å². The maximum atomic E-state index is 5.97. The molecule has 1 aliphatic rings. The number of allylic oxidation sites excluding steroid dienone is 2. The molecule has 0 radical (unpaired) electrons. The third-order valence-electron chi connectivity index (χ3n) is 3.30. The molecule has 22 heavy (non-hydrogen) atoms. The van der Waals surface area contributed by atoms with Gasteiger partial charge in [-0.3, -0.25) is 0 Å². The van der Waals surface area contributed by atoms with Gasteiger partial charge in [-0.25, -0.2) is 4.98 Å². The Morgan fingerprint density at radius 2 is 2.00 bits per heavy atom. The predicted molar refractivity (Wildman–Crippen MR) is 95.9 cm³/mol. The molecule has 1 atom stereocenters. The summed E-state index contributed by atoms with van der Waals surface area (Å²) in [5.74, 6) is 1.44. The minimum absolute atomic E-state index is 0.237. The molecule has 2 heterocycles. The molecule has 0 fully saturated rings. The van der Waals surface area contributed by atoms with Gasteiger partial charge < -0.3 is 10.6 Å². The van der Waals surface area contributed by atoms with Crippen molar-refractivity contribution in [3.8, 4) is 0 Å². The fourth-order valence-corrected chi connectivity index (χ4v) is 3.45. The minimum atomic E-state index is 0.237. The first-order valence-corrected chi connectivity index (χ1v) is 8.36. The van der Waals surface area contributed by atoms with Crippen LogP contribution in [0.3, 0.4) is 0 Å². The van der Waals surface area contributed by atoms with Gasteiger partial charge in [0.15, 0.2) is 0 Å². The average molecular weight is 330 g/mol. The number of anilines is 2. The summed E-state index contributed by atoms with van der Waals surface area (Å²) in [4.78, 5) is 6.25. The molecule has 0 bridgehead atoms. The third kappa shape index (κ3) is 3.64. The molecule has 3 rings (SSSR count). The molecule has 1 aliphatic heterocycles. The molecule has 1 aromatic heterocycles. The second-order valence-corrected chi connectivity index (χ2v) is 6.44. The molecular weight excluding hydrogens is 314 g/mol. The molecule has 5 heteroatoms. The van der Waals surface area contributed by atoms with Gasteiger partial charge in [0.25, 0.3) is 0 Å². The fraction of sp³-hybridized carbons (Fsp3) is 0.118. The van der Waals surface area contributed by atoms with E-state index in [-0.39, 0.29) is 5.37 Å².